The molecule has 0 spiro atoms. The maximum absolute atomic E-state index is 11.8. The number of nitrogens with one attached hydrogen (secondary N) is 2. The first-order chi connectivity index (χ1) is 9.52. The number of carbonyl (C=O) groups excluding carboxylic acids is 2. The summed E-state index contributed by atoms with van der Waals surface area (Å²) >= 11 is 0. The molecular weight excluding hydrogens is 260 g/mol. The van der Waals surface area contributed by atoms with Crippen LogP contribution in [0.15, 0.2) is 24.3 Å². The number of aliphatic hydroxyl groups is 1. The second kappa shape index (κ2) is 8.29. The molecule has 110 valence electrons. The number of hydrogen-bond acceptors (Lipinski definition) is 4. The van der Waals surface area contributed by atoms with Crippen LogP contribution in [0.2, 0.25) is 0 Å². The van der Waals surface area contributed by atoms with E-state index in [-0.39, 0.29) is 18.4 Å². The summed E-state index contributed by atoms with van der Waals surface area (Å²) in [7, 11) is 1.51. The number of hydrogen-bond donors (Lipinski definition) is 3. The number of rotatable bonds is 7. The van der Waals surface area contributed by atoms with E-state index >= 15 is 0 Å². The van der Waals surface area contributed by atoms with Crippen molar-refractivity contribution in [2.75, 3.05) is 25.6 Å². The quantitative estimate of drug-likeness (QED) is 0.688. The average molecular weight is 280 g/mol. The predicted molar refractivity (Wildman–Crippen MR) is 75.6 cm³/mol. The molecule has 20 heavy (non-hydrogen) atoms. The second-order valence-electron chi connectivity index (χ2n) is 4.41. The summed E-state index contributed by atoms with van der Waals surface area (Å²) in [6, 6.07) is 6.59. The molecule has 6 heteroatoms. The number of carbonyl (C=O) groups is 2. The lowest BCUT2D eigenvalue weighted by Gasteiger charge is -2.10. The predicted octanol–water partition coefficient (Wildman–Crippen LogP) is 0.772. The molecule has 6 nitrogen and oxygen atoms in total. The summed E-state index contributed by atoms with van der Waals surface area (Å²) in [5.74, 6) is -0.377. The van der Waals surface area contributed by atoms with Gasteiger partial charge in [-0.3, -0.25) is 9.59 Å². The van der Waals surface area contributed by atoms with Gasteiger partial charge in [0.25, 0.3) is 5.91 Å². The normalized spacial score (nSPS) is 11.8. The van der Waals surface area contributed by atoms with E-state index in [2.05, 4.69) is 10.6 Å². The van der Waals surface area contributed by atoms with Gasteiger partial charge >= 0.3 is 0 Å². The number of methoxy groups -OCH3 is 1. The number of anilines is 1. The molecule has 0 bridgehead atoms. The minimum atomic E-state index is -0.581. The van der Waals surface area contributed by atoms with Crippen LogP contribution < -0.4 is 10.6 Å². The average Bonchev–Trinajstić information content (AvgIpc) is 2.39. The molecular formula is C14H20N2O4. The zero-order valence-corrected chi connectivity index (χ0v) is 11.7. The van der Waals surface area contributed by atoms with Crippen LogP contribution in [0.4, 0.5) is 5.69 Å². The Morgan fingerprint density at radius 1 is 1.30 bits per heavy atom. The van der Waals surface area contributed by atoms with Crippen LogP contribution >= 0.6 is 0 Å². The van der Waals surface area contributed by atoms with Crippen molar-refractivity contribution in [2.24, 2.45) is 0 Å². The second-order valence-corrected chi connectivity index (χ2v) is 4.41. The highest BCUT2D eigenvalue weighted by atomic mass is 16.5. The molecule has 0 aromatic heterocycles. The van der Waals surface area contributed by atoms with Gasteiger partial charge in [0.05, 0.1) is 12.7 Å². The number of amides is 2. The highest BCUT2D eigenvalue weighted by molar-refractivity contribution is 5.95. The minimum absolute atomic E-state index is 0.158. The fourth-order valence-electron chi connectivity index (χ4n) is 1.64. The molecule has 1 aromatic carbocycles. The fraction of sp³-hybridized carbons (Fsp3) is 0.429. The van der Waals surface area contributed by atoms with Gasteiger partial charge in [-0.15, -0.1) is 0 Å². The van der Waals surface area contributed by atoms with Crippen LogP contribution in [-0.4, -0.2) is 43.3 Å². The Balaban J connectivity index is 2.41. The third kappa shape index (κ3) is 5.81. The fourth-order valence-corrected chi connectivity index (χ4v) is 1.64. The number of ether oxygens (including phenoxy) is 1. The SMILES string of the molecule is COCC(O)CCNC(=O)c1ccc(NC(C)=O)cc1. The zero-order chi connectivity index (χ0) is 15.0. The van der Waals surface area contributed by atoms with Crippen LogP contribution in [0.3, 0.4) is 0 Å². The Labute approximate surface area is 118 Å². The first kappa shape index (κ1) is 16.1. The molecule has 2 amide bonds. The van der Waals surface area contributed by atoms with Crippen LogP contribution in [-0.2, 0) is 9.53 Å². The van der Waals surface area contributed by atoms with Crippen molar-refractivity contribution in [3.05, 3.63) is 29.8 Å². The maximum Gasteiger partial charge on any atom is 0.251 e. The summed E-state index contributed by atoms with van der Waals surface area (Å²) in [6.45, 7) is 2.05. The lowest BCUT2D eigenvalue weighted by atomic mass is 10.2. The van der Waals surface area contributed by atoms with Gasteiger partial charge in [-0.25, -0.2) is 0 Å². The van der Waals surface area contributed by atoms with Crippen LogP contribution in [0, 0.1) is 0 Å². The largest absolute Gasteiger partial charge is 0.391 e. The topological polar surface area (TPSA) is 87.7 Å². The van der Waals surface area contributed by atoms with Crippen molar-refractivity contribution in [1.29, 1.82) is 0 Å². The molecule has 0 saturated heterocycles. The van der Waals surface area contributed by atoms with Gasteiger partial charge in [-0.2, -0.15) is 0 Å². The molecule has 0 radical (unpaired) electrons. The third-order valence-corrected chi connectivity index (χ3v) is 2.59. The molecule has 0 aliphatic heterocycles. The molecule has 1 aromatic rings. The van der Waals surface area contributed by atoms with E-state index in [0.29, 0.717) is 24.2 Å². The summed E-state index contributed by atoms with van der Waals surface area (Å²) in [5.41, 5.74) is 1.14. The lowest BCUT2D eigenvalue weighted by Crippen LogP contribution is -2.28. The van der Waals surface area contributed by atoms with E-state index in [1.54, 1.807) is 24.3 Å². The van der Waals surface area contributed by atoms with Gasteiger partial charge in [-0.05, 0) is 30.7 Å². The van der Waals surface area contributed by atoms with E-state index in [4.69, 9.17) is 4.74 Å². The Bertz CT molecular complexity index is 445. The van der Waals surface area contributed by atoms with Crippen LogP contribution in [0.5, 0.6) is 0 Å². The Kier molecular flexibility index (Phi) is 6.69. The summed E-state index contributed by atoms with van der Waals surface area (Å²) in [5, 5.41) is 14.8. The highest BCUT2D eigenvalue weighted by Crippen LogP contribution is 2.09. The molecule has 0 aliphatic carbocycles. The summed E-state index contributed by atoms with van der Waals surface area (Å²) in [4.78, 5) is 22.7. The van der Waals surface area contributed by atoms with Crippen molar-refractivity contribution in [2.45, 2.75) is 19.4 Å². The molecule has 1 atom stereocenters. The van der Waals surface area contributed by atoms with Crippen molar-refractivity contribution >= 4 is 17.5 Å². The maximum atomic E-state index is 11.8. The Morgan fingerprint density at radius 2 is 1.95 bits per heavy atom. The smallest absolute Gasteiger partial charge is 0.251 e. The first-order valence-corrected chi connectivity index (χ1v) is 6.35. The lowest BCUT2D eigenvalue weighted by molar-refractivity contribution is -0.114. The van der Waals surface area contributed by atoms with Crippen LogP contribution in [0.25, 0.3) is 0 Å². The van der Waals surface area contributed by atoms with Crippen molar-refractivity contribution < 1.29 is 19.4 Å². The monoisotopic (exact) mass is 280 g/mol. The standard InChI is InChI=1S/C14H20N2O4/c1-10(17)16-12-5-3-11(4-6-12)14(19)15-8-7-13(18)9-20-2/h3-6,13,18H,7-9H2,1-2H3,(H,15,19)(H,16,17). The van der Waals surface area contributed by atoms with Gasteiger partial charge in [0.1, 0.15) is 0 Å². The van der Waals surface area contributed by atoms with E-state index in [1.165, 1.54) is 14.0 Å². The molecule has 0 aliphatic rings. The van der Waals surface area contributed by atoms with Gasteiger partial charge in [0.2, 0.25) is 5.91 Å². The van der Waals surface area contributed by atoms with Gasteiger partial charge < -0.3 is 20.5 Å². The van der Waals surface area contributed by atoms with Gasteiger partial charge in [0.15, 0.2) is 0 Å². The van der Waals surface area contributed by atoms with Gasteiger partial charge in [-0.1, -0.05) is 0 Å². The Hall–Kier alpha value is -1.92. The van der Waals surface area contributed by atoms with Crippen molar-refractivity contribution in [3.63, 3.8) is 0 Å². The minimum Gasteiger partial charge on any atom is -0.391 e. The van der Waals surface area contributed by atoms with E-state index in [9.17, 15) is 14.7 Å². The van der Waals surface area contributed by atoms with E-state index in [0.717, 1.165) is 0 Å². The van der Waals surface area contributed by atoms with E-state index in [1.807, 2.05) is 0 Å². The zero-order valence-electron chi connectivity index (χ0n) is 11.7. The summed E-state index contributed by atoms with van der Waals surface area (Å²) < 4.78 is 4.79. The molecule has 0 heterocycles. The summed E-state index contributed by atoms with van der Waals surface area (Å²) in [6.07, 6.45) is -0.147. The third-order valence-electron chi connectivity index (χ3n) is 2.59. The number of aliphatic hydroxyl groups excluding tert-OH is 1. The molecule has 3 N–H and O–H groups in total. The first-order valence-electron chi connectivity index (χ1n) is 6.35. The van der Waals surface area contributed by atoms with Crippen molar-refractivity contribution in [1.82, 2.24) is 5.32 Å². The Morgan fingerprint density at radius 3 is 2.50 bits per heavy atom. The highest BCUT2D eigenvalue weighted by Gasteiger charge is 2.07. The van der Waals surface area contributed by atoms with Crippen LogP contribution in [0.1, 0.15) is 23.7 Å². The van der Waals surface area contributed by atoms with E-state index < -0.39 is 6.10 Å². The van der Waals surface area contributed by atoms with Crippen molar-refractivity contribution in [3.8, 4) is 0 Å². The molecule has 1 rings (SSSR count). The molecule has 1 unspecified atom stereocenters. The molecule has 0 fully saturated rings. The van der Waals surface area contributed by atoms with Gasteiger partial charge in [0, 0.05) is 31.8 Å². The molecule has 0 saturated carbocycles. The number of benzene rings is 1.